The third kappa shape index (κ3) is 8.30. The molecular formula is C28H50O2. The lowest BCUT2D eigenvalue weighted by Crippen LogP contribution is -2.31. The van der Waals surface area contributed by atoms with Crippen molar-refractivity contribution in [3.63, 3.8) is 0 Å². The first-order chi connectivity index (χ1) is 14.8. The molecule has 30 heavy (non-hydrogen) atoms. The van der Waals surface area contributed by atoms with Gasteiger partial charge >= 0.3 is 0 Å². The molecule has 0 bridgehead atoms. The molecule has 1 heterocycles. The highest BCUT2D eigenvalue weighted by Gasteiger charge is 2.30. The molecule has 0 aromatic heterocycles. The highest BCUT2D eigenvalue weighted by atomic mass is 16.7. The Morgan fingerprint density at radius 3 is 1.70 bits per heavy atom. The molecule has 3 aliphatic rings. The average molecular weight is 419 g/mol. The smallest absolute Gasteiger partial charge is 0.176 e. The summed E-state index contributed by atoms with van der Waals surface area (Å²) in [4.78, 5) is 0. The Morgan fingerprint density at radius 1 is 0.600 bits per heavy atom. The van der Waals surface area contributed by atoms with Crippen molar-refractivity contribution in [2.24, 2.45) is 29.6 Å². The molecule has 2 aliphatic carbocycles. The molecule has 3 fully saturated rings. The van der Waals surface area contributed by atoms with Crippen LogP contribution in [0.25, 0.3) is 0 Å². The fraction of sp³-hybridized carbons (Fsp3) is 0.929. The molecule has 2 saturated carbocycles. The van der Waals surface area contributed by atoms with Gasteiger partial charge in [0, 0.05) is 5.92 Å². The Kier molecular flexibility index (Phi) is 11.3. The lowest BCUT2D eigenvalue weighted by Gasteiger charge is -2.37. The number of hydrogen-bond donors (Lipinski definition) is 0. The van der Waals surface area contributed by atoms with Crippen LogP contribution in [0.15, 0.2) is 12.2 Å². The summed E-state index contributed by atoms with van der Waals surface area (Å²) in [6.45, 7) is 6.35. The maximum atomic E-state index is 5.96. The highest BCUT2D eigenvalue weighted by molar-refractivity contribution is 4.95. The number of unbranched alkanes of at least 4 members (excludes halogenated alkanes) is 4. The van der Waals surface area contributed by atoms with Gasteiger partial charge in [-0.1, -0.05) is 77.7 Å². The zero-order valence-electron chi connectivity index (χ0n) is 20.2. The minimum atomic E-state index is -0.0897. The maximum Gasteiger partial charge on any atom is 0.176 e. The van der Waals surface area contributed by atoms with E-state index in [1.54, 1.807) is 0 Å². The second-order valence-corrected chi connectivity index (χ2v) is 10.7. The average Bonchev–Trinajstić information content (AvgIpc) is 2.80. The molecule has 0 atom stereocenters. The first-order valence-electron chi connectivity index (χ1n) is 13.7. The molecule has 1 aliphatic heterocycles. The molecule has 0 spiro atoms. The SMILES string of the molecule is CCCCCC1CCC(C2CCC(/C=C/C3OCC(CCCCC)CO3)CC2)CC1. The highest BCUT2D eigenvalue weighted by Crippen LogP contribution is 2.42. The second kappa shape index (κ2) is 13.9. The van der Waals surface area contributed by atoms with Crippen LogP contribution >= 0.6 is 0 Å². The minimum Gasteiger partial charge on any atom is -0.349 e. The van der Waals surface area contributed by atoms with E-state index in [9.17, 15) is 0 Å². The Hall–Kier alpha value is -0.340. The van der Waals surface area contributed by atoms with Crippen LogP contribution in [-0.2, 0) is 9.47 Å². The van der Waals surface area contributed by atoms with E-state index in [-0.39, 0.29) is 6.29 Å². The van der Waals surface area contributed by atoms with Crippen molar-refractivity contribution in [2.75, 3.05) is 13.2 Å². The molecular weight excluding hydrogens is 368 g/mol. The van der Waals surface area contributed by atoms with Gasteiger partial charge in [0.15, 0.2) is 6.29 Å². The van der Waals surface area contributed by atoms with Crippen LogP contribution in [-0.4, -0.2) is 19.5 Å². The summed E-state index contributed by atoms with van der Waals surface area (Å²) in [5.41, 5.74) is 0. The normalized spacial score (nSPS) is 35.7. The number of hydrogen-bond acceptors (Lipinski definition) is 2. The van der Waals surface area contributed by atoms with Crippen LogP contribution in [0.1, 0.15) is 117 Å². The predicted molar refractivity (Wildman–Crippen MR) is 128 cm³/mol. The Bertz CT molecular complexity index is 449. The fourth-order valence-electron chi connectivity index (χ4n) is 6.21. The number of ether oxygens (including phenoxy) is 2. The van der Waals surface area contributed by atoms with E-state index in [4.69, 9.17) is 9.47 Å². The Balaban J connectivity index is 1.27. The first-order valence-corrected chi connectivity index (χ1v) is 13.7. The fourth-order valence-corrected chi connectivity index (χ4v) is 6.21. The molecule has 2 nitrogen and oxygen atoms in total. The quantitative estimate of drug-likeness (QED) is 0.248. The van der Waals surface area contributed by atoms with Gasteiger partial charge in [-0.25, -0.2) is 0 Å². The van der Waals surface area contributed by atoms with E-state index in [0.717, 1.165) is 36.9 Å². The molecule has 3 rings (SSSR count). The molecule has 174 valence electrons. The predicted octanol–water partition coefficient (Wildman–Crippen LogP) is 8.31. The summed E-state index contributed by atoms with van der Waals surface area (Å²) in [6.07, 6.45) is 27.3. The van der Waals surface area contributed by atoms with Gasteiger partial charge in [0.25, 0.3) is 0 Å². The summed E-state index contributed by atoms with van der Waals surface area (Å²) in [6, 6.07) is 0. The second-order valence-electron chi connectivity index (χ2n) is 10.7. The Morgan fingerprint density at radius 2 is 1.13 bits per heavy atom. The van der Waals surface area contributed by atoms with Crippen LogP contribution in [0.4, 0.5) is 0 Å². The molecule has 2 heteroatoms. The first kappa shape index (κ1) is 24.3. The van der Waals surface area contributed by atoms with Crippen molar-refractivity contribution in [3.05, 3.63) is 12.2 Å². The van der Waals surface area contributed by atoms with Gasteiger partial charge in [0.05, 0.1) is 13.2 Å². The van der Waals surface area contributed by atoms with E-state index in [2.05, 4.69) is 26.0 Å². The lowest BCUT2D eigenvalue weighted by molar-refractivity contribution is -0.175. The van der Waals surface area contributed by atoms with Gasteiger partial charge in [-0.15, -0.1) is 0 Å². The zero-order chi connectivity index (χ0) is 21.0. The third-order valence-corrected chi connectivity index (χ3v) is 8.34. The summed E-state index contributed by atoms with van der Waals surface area (Å²) in [7, 11) is 0. The minimum absolute atomic E-state index is 0.0897. The van der Waals surface area contributed by atoms with Crippen molar-refractivity contribution in [1.29, 1.82) is 0 Å². The summed E-state index contributed by atoms with van der Waals surface area (Å²) < 4.78 is 11.9. The summed E-state index contributed by atoms with van der Waals surface area (Å²) in [5.74, 6) is 4.46. The van der Waals surface area contributed by atoms with Gasteiger partial charge in [-0.05, 0) is 74.7 Å². The van der Waals surface area contributed by atoms with E-state index in [0.29, 0.717) is 5.92 Å². The van der Waals surface area contributed by atoms with Gasteiger partial charge in [-0.2, -0.15) is 0 Å². The van der Waals surface area contributed by atoms with Crippen molar-refractivity contribution in [1.82, 2.24) is 0 Å². The molecule has 1 saturated heterocycles. The van der Waals surface area contributed by atoms with E-state index >= 15 is 0 Å². The van der Waals surface area contributed by atoms with Crippen molar-refractivity contribution in [2.45, 2.75) is 123 Å². The number of allylic oxidation sites excluding steroid dienone is 1. The molecule has 0 radical (unpaired) electrons. The van der Waals surface area contributed by atoms with Crippen molar-refractivity contribution >= 4 is 0 Å². The zero-order valence-corrected chi connectivity index (χ0v) is 20.2. The van der Waals surface area contributed by atoms with Crippen LogP contribution in [0.5, 0.6) is 0 Å². The third-order valence-electron chi connectivity index (χ3n) is 8.34. The van der Waals surface area contributed by atoms with Gasteiger partial charge in [0.1, 0.15) is 0 Å². The maximum absolute atomic E-state index is 5.96. The molecule has 0 aromatic rings. The monoisotopic (exact) mass is 418 g/mol. The van der Waals surface area contributed by atoms with E-state index in [1.807, 2.05) is 0 Å². The van der Waals surface area contributed by atoms with Gasteiger partial charge in [-0.3, -0.25) is 0 Å². The van der Waals surface area contributed by atoms with Crippen LogP contribution in [0.2, 0.25) is 0 Å². The van der Waals surface area contributed by atoms with Crippen LogP contribution < -0.4 is 0 Å². The van der Waals surface area contributed by atoms with Gasteiger partial charge < -0.3 is 9.47 Å². The summed E-state index contributed by atoms with van der Waals surface area (Å²) in [5, 5.41) is 0. The Labute approximate surface area is 187 Å². The molecule has 0 aromatic carbocycles. The number of rotatable bonds is 11. The van der Waals surface area contributed by atoms with Crippen molar-refractivity contribution in [3.8, 4) is 0 Å². The molecule has 0 N–H and O–H groups in total. The lowest BCUT2D eigenvalue weighted by atomic mass is 9.68. The van der Waals surface area contributed by atoms with Crippen LogP contribution in [0, 0.1) is 29.6 Å². The van der Waals surface area contributed by atoms with Crippen LogP contribution in [0.3, 0.4) is 0 Å². The van der Waals surface area contributed by atoms with Gasteiger partial charge in [0.2, 0.25) is 0 Å². The van der Waals surface area contributed by atoms with E-state index < -0.39 is 0 Å². The molecule has 0 amide bonds. The molecule has 0 unspecified atom stereocenters. The standard InChI is InChI=1S/C28H50O2/c1-3-5-7-9-23-11-16-26(17-12-23)27-18-13-24(14-19-27)15-20-28-29-21-25(22-30-28)10-8-6-4-2/h15,20,23-28H,3-14,16-19,21-22H2,1-2H3/b20-15+. The topological polar surface area (TPSA) is 18.5 Å². The summed E-state index contributed by atoms with van der Waals surface area (Å²) >= 11 is 0. The largest absolute Gasteiger partial charge is 0.349 e. The van der Waals surface area contributed by atoms with E-state index in [1.165, 1.54) is 103 Å². The van der Waals surface area contributed by atoms with Crippen molar-refractivity contribution < 1.29 is 9.47 Å².